The monoisotopic (exact) mass is 437 g/mol. The second-order valence-corrected chi connectivity index (χ2v) is 8.95. The fourth-order valence-electron chi connectivity index (χ4n) is 5.52. The van der Waals surface area contributed by atoms with E-state index in [0.717, 1.165) is 36.9 Å². The number of hydrogen-bond acceptors (Lipinski definition) is 2. The minimum absolute atomic E-state index is 0.0940. The first-order chi connectivity index (χ1) is 16.2. The smallest absolute Gasteiger partial charge is 0.265 e. The van der Waals surface area contributed by atoms with Gasteiger partial charge < -0.3 is 5.73 Å². The van der Waals surface area contributed by atoms with E-state index in [1.54, 1.807) is 0 Å². The summed E-state index contributed by atoms with van der Waals surface area (Å²) >= 11 is 0. The molecule has 166 valence electrons. The molecular formula is C28H29N4O+. The van der Waals surface area contributed by atoms with Gasteiger partial charge in [0.15, 0.2) is 0 Å². The number of rotatable bonds is 7. The van der Waals surface area contributed by atoms with Crippen LogP contribution >= 0.6 is 0 Å². The molecule has 0 radical (unpaired) electrons. The molecule has 5 rings (SSSR count). The Kier molecular flexibility index (Phi) is 5.78. The van der Waals surface area contributed by atoms with Crippen molar-refractivity contribution in [1.82, 2.24) is 9.78 Å². The zero-order chi connectivity index (χ0) is 22.7. The summed E-state index contributed by atoms with van der Waals surface area (Å²) in [5.41, 5.74) is 8.54. The van der Waals surface area contributed by atoms with Gasteiger partial charge in [-0.1, -0.05) is 91.0 Å². The molecule has 2 atom stereocenters. The molecule has 0 bridgehead atoms. The van der Waals surface area contributed by atoms with Crippen molar-refractivity contribution in [3.05, 3.63) is 120 Å². The molecule has 33 heavy (non-hydrogen) atoms. The van der Waals surface area contributed by atoms with Gasteiger partial charge in [-0.25, -0.2) is 4.57 Å². The fourth-order valence-corrected chi connectivity index (χ4v) is 5.52. The lowest BCUT2D eigenvalue weighted by Crippen LogP contribution is -2.47. The lowest BCUT2D eigenvalue weighted by molar-refractivity contribution is -0.689. The maximum Gasteiger partial charge on any atom is 0.265 e. The SMILES string of the molecule is NC(=O)C(c1ccccc1)(c1ccccc1)[C@H]1CC[C@@H](n2c[n+](Cc3ccccc3)cn2)C1. The van der Waals surface area contributed by atoms with E-state index in [-0.39, 0.29) is 17.9 Å². The Morgan fingerprint density at radius 1 is 0.909 bits per heavy atom. The van der Waals surface area contributed by atoms with Crippen molar-refractivity contribution in [3.8, 4) is 0 Å². The zero-order valence-electron chi connectivity index (χ0n) is 18.6. The molecule has 0 unspecified atom stereocenters. The minimum Gasteiger partial charge on any atom is -0.369 e. The standard InChI is InChI=1S/C28H28N4O/c29-27(33)28(23-12-6-2-7-13-23,24-14-8-3-9-15-24)25-16-17-26(18-25)32-21-31(20-30-32)19-22-10-4-1-5-11-22/h1-15,20-21,25-26H,16-19H2,(H-,29,33)/p+1/t25-,26+/m0/s1. The summed E-state index contributed by atoms with van der Waals surface area (Å²) in [7, 11) is 0. The summed E-state index contributed by atoms with van der Waals surface area (Å²) in [6, 6.07) is 30.7. The number of hydrogen-bond donors (Lipinski definition) is 1. The zero-order valence-corrected chi connectivity index (χ0v) is 18.6. The number of amides is 1. The Labute approximate surface area is 194 Å². The van der Waals surface area contributed by atoms with E-state index in [2.05, 4.69) is 44.9 Å². The molecule has 1 aliphatic carbocycles. The molecule has 3 aromatic carbocycles. The van der Waals surface area contributed by atoms with Gasteiger partial charge in [0.1, 0.15) is 11.5 Å². The maximum absolute atomic E-state index is 13.3. The summed E-state index contributed by atoms with van der Waals surface area (Å²) in [4.78, 5) is 13.3. The summed E-state index contributed by atoms with van der Waals surface area (Å²) in [6.45, 7) is 0.788. The Morgan fingerprint density at radius 2 is 1.48 bits per heavy atom. The number of benzene rings is 3. The molecule has 2 N–H and O–H groups in total. The van der Waals surface area contributed by atoms with Gasteiger partial charge in [0.05, 0.1) is 6.54 Å². The molecule has 0 spiro atoms. The van der Waals surface area contributed by atoms with Crippen molar-refractivity contribution in [3.63, 3.8) is 0 Å². The van der Waals surface area contributed by atoms with Gasteiger partial charge in [-0.05, 0) is 41.9 Å². The average Bonchev–Trinajstić information content (AvgIpc) is 3.52. The van der Waals surface area contributed by atoms with Gasteiger partial charge in [-0.2, -0.15) is 0 Å². The van der Waals surface area contributed by atoms with Gasteiger partial charge >= 0.3 is 0 Å². The Balaban J connectivity index is 1.45. The van der Waals surface area contributed by atoms with E-state index in [9.17, 15) is 4.79 Å². The predicted molar refractivity (Wildman–Crippen MR) is 127 cm³/mol. The molecular weight excluding hydrogens is 408 g/mol. The first-order valence-electron chi connectivity index (χ1n) is 11.6. The lowest BCUT2D eigenvalue weighted by atomic mass is 9.64. The summed E-state index contributed by atoms with van der Waals surface area (Å²) in [5, 5.41) is 4.66. The van der Waals surface area contributed by atoms with E-state index in [1.807, 2.05) is 73.1 Å². The highest BCUT2D eigenvalue weighted by atomic mass is 16.1. The molecule has 5 nitrogen and oxygen atoms in total. The predicted octanol–water partition coefficient (Wildman–Crippen LogP) is 4.03. The minimum atomic E-state index is -0.857. The molecule has 1 saturated carbocycles. The number of carbonyl (C=O) groups is 1. The van der Waals surface area contributed by atoms with Gasteiger partial charge in [0, 0.05) is 5.10 Å². The molecule has 1 aliphatic rings. The van der Waals surface area contributed by atoms with Crippen LogP contribution in [0.4, 0.5) is 0 Å². The highest BCUT2D eigenvalue weighted by Gasteiger charge is 2.51. The topological polar surface area (TPSA) is 64.8 Å². The van der Waals surface area contributed by atoms with E-state index in [4.69, 9.17) is 5.73 Å². The summed E-state index contributed by atoms with van der Waals surface area (Å²) < 4.78 is 4.17. The van der Waals surface area contributed by atoms with Crippen molar-refractivity contribution in [2.24, 2.45) is 11.7 Å². The molecule has 1 aromatic heterocycles. The quantitative estimate of drug-likeness (QED) is 0.444. The van der Waals surface area contributed by atoms with Crippen LogP contribution < -0.4 is 10.3 Å². The van der Waals surface area contributed by atoms with Crippen LogP contribution in [-0.4, -0.2) is 15.7 Å². The molecule has 1 heterocycles. The Hall–Kier alpha value is -3.73. The normalized spacial score (nSPS) is 18.3. The third kappa shape index (κ3) is 3.95. The van der Waals surface area contributed by atoms with Gasteiger partial charge in [-0.15, -0.1) is 4.68 Å². The second kappa shape index (κ2) is 9.02. The van der Waals surface area contributed by atoms with Crippen LogP contribution in [0.3, 0.4) is 0 Å². The highest BCUT2D eigenvalue weighted by molar-refractivity contribution is 5.91. The molecule has 0 saturated heterocycles. The van der Waals surface area contributed by atoms with E-state index in [0.29, 0.717) is 0 Å². The van der Waals surface area contributed by atoms with Gasteiger partial charge in [0.2, 0.25) is 12.2 Å². The van der Waals surface area contributed by atoms with Crippen LogP contribution in [0.15, 0.2) is 104 Å². The van der Waals surface area contributed by atoms with E-state index >= 15 is 0 Å². The first kappa shape index (κ1) is 21.1. The third-order valence-electron chi connectivity index (χ3n) is 7.05. The second-order valence-electron chi connectivity index (χ2n) is 8.95. The number of carbonyl (C=O) groups excluding carboxylic acids is 1. The van der Waals surface area contributed by atoms with Crippen molar-refractivity contribution in [1.29, 1.82) is 0 Å². The van der Waals surface area contributed by atoms with Crippen molar-refractivity contribution >= 4 is 5.91 Å². The van der Waals surface area contributed by atoms with Crippen LogP contribution in [0.2, 0.25) is 0 Å². The Bertz CT molecular complexity index is 1160. The summed E-state index contributed by atoms with van der Waals surface area (Å²) in [5.74, 6) is -0.193. The maximum atomic E-state index is 13.3. The third-order valence-corrected chi connectivity index (χ3v) is 7.05. The fraction of sp³-hybridized carbons (Fsp3) is 0.250. The Morgan fingerprint density at radius 3 is 2.06 bits per heavy atom. The average molecular weight is 438 g/mol. The van der Waals surface area contributed by atoms with E-state index in [1.165, 1.54) is 5.56 Å². The molecule has 5 heteroatoms. The van der Waals surface area contributed by atoms with Crippen LogP contribution in [-0.2, 0) is 16.8 Å². The number of nitrogens with zero attached hydrogens (tertiary/aromatic N) is 3. The van der Waals surface area contributed by atoms with Crippen molar-refractivity contribution < 1.29 is 9.36 Å². The number of primary amides is 1. The number of nitrogens with two attached hydrogens (primary N) is 1. The molecule has 1 amide bonds. The summed E-state index contributed by atoms with van der Waals surface area (Å²) in [6.07, 6.45) is 6.69. The van der Waals surface area contributed by atoms with Gasteiger partial charge in [-0.3, -0.25) is 4.79 Å². The van der Waals surface area contributed by atoms with Crippen LogP contribution in [0.1, 0.15) is 42.0 Å². The number of aromatic nitrogens is 3. The largest absolute Gasteiger partial charge is 0.369 e. The van der Waals surface area contributed by atoms with Crippen molar-refractivity contribution in [2.75, 3.05) is 0 Å². The first-order valence-corrected chi connectivity index (χ1v) is 11.6. The molecule has 1 fully saturated rings. The van der Waals surface area contributed by atoms with Crippen LogP contribution in [0.5, 0.6) is 0 Å². The van der Waals surface area contributed by atoms with E-state index < -0.39 is 5.41 Å². The van der Waals surface area contributed by atoms with Crippen molar-refractivity contribution in [2.45, 2.75) is 37.3 Å². The highest BCUT2D eigenvalue weighted by Crippen LogP contribution is 2.49. The molecule has 4 aromatic rings. The van der Waals surface area contributed by atoms with Crippen LogP contribution in [0.25, 0.3) is 0 Å². The lowest BCUT2D eigenvalue weighted by Gasteiger charge is -2.37. The van der Waals surface area contributed by atoms with Crippen LogP contribution in [0, 0.1) is 5.92 Å². The van der Waals surface area contributed by atoms with Gasteiger partial charge in [0.25, 0.3) is 6.33 Å². The molecule has 0 aliphatic heterocycles.